The number of carboxylic acid groups (broad SMARTS) is 1. The first-order chi connectivity index (χ1) is 8.30. The molecule has 0 aliphatic carbocycles. The Balaban J connectivity index is 2.58. The van der Waals surface area contributed by atoms with Crippen molar-refractivity contribution in [3.63, 3.8) is 0 Å². The minimum Gasteiger partial charge on any atom is -0.465 e. The lowest BCUT2D eigenvalue weighted by Crippen LogP contribution is -2.42. The summed E-state index contributed by atoms with van der Waals surface area (Å²) in [6.07, 6.45) is 0.469. The van der Waals surface area contributed by atoms with E-state index in [9.17, 15) is 4.79 Å². The average molecular weight is 249 g/mol. The molecule has 5 nitrogen and oxygen atoms in total. The highest BCUT2D eigenvalue weighted by atomic mass is 16.4. The molecule has 0 fully saturated rings. The molecule has 0 saturated heterocycles. The van der Waals surface area contributed by atoms with Gasteiger partial charge in [0.1, 0.15) is 5.84 Å². The van der Waals surface area contributed by atoms with Crippen LogP contribution in [0.1, 0.15) is 31.4 Å². The molecule has 0 aromatic heterocycles. The highest BCUT2D eigenvalue weighted by Crippen LogP contribution is 2.14. The molecule has 1 aromatic rings. The van der Waals surface area contributed by atoms with Gasteiger partial charge >= 0.3 is 6.09 Å². The maximum Gasteiger partial charge on any atom is 0.405 e. The van der Waals surface area contributed by atoms with Gasteiger partial charge in [-0.15, -0.1) is 0 Å². The molecule has 0 spiro atoms. The number of carbonyl (C=O) groups is 1. The van der Waals surface area contributed by atoms with Gasteiger partial charge in [0.15, 0.2) is 0 Å². The Labute approximate surface area is 107 Å². The molecule has 1 amide bonds. The largest absolute Gasteiger partial charge is 0.465 e. The highest BCUT2D eigenvalue weighted by Gasteiger charge is 2.19. The topological polar surface area (TPSA) is 99.2 Å². The Bertz CT molecular complexity index is 438. The first kappa shape index (κ1) is 14.0. The number of nitrogen functional groups attached to an aromatic ring is 1. The van der Waals surface area contributed by atoms with Crippen LogP contribution in [0.2, 0.25) is 0 Å². The number of amides is 1. The molecule has 0 aliphatic rings. The van der Waals surface area contributed by atoms with Crippen molar-refractivity contribution in [2.24, 2.45) is 5.73 Å². The van der Waals surface area contributed by atoms with Crippen molar-refractivity contribution in [2.45, 2.75) is 32.2 Å². The van der Waals surface area contributed by atoms with Crippen molar-refractivity contribution >= 4 is 11.9 Å². The molecule has 1 rings (SSSR count). The van der Waals surface area contributed by atoms with Gasteiger partial charge in [-0.2, -0.15) is 0 Å². The Morgan fingerprint density at radius 2 is 1.94 bits per heavy atom. The van der Waals surface area contributed by atoms with E-state index in [1.54, 1.807) is 12.1 Å². The van der Waals surface area contributed by atoms with Gasteiger partial charge in [0.2, 0.25) is 0 Å². The summed E-state index contributed by atoms with van der Waals surface area (Å²) in [4.78, 5) is 10.6. The van der Waals surface area contributed by atoms with Crippen molar-refractivity contribution in [3.8, 4) is 0 Å². The summed E-state index contributed by atoms with van der Waals surface area (Å²) in [5.74, 6) is 0.0504. The predicted octanol–water partition coefficient (Wildman–Crippen LogP) is 1.95. The molecular weight excluding hydrogens is 230 g/mol. The van der Waals surface area contributed by atoms with Crippen molar-refractivity contribution in [1.82, 2.24) is 5.32 Å². The van der Waals surface area contributed by atoms with Crippen LogP contribution in [0.25, 0.3) is 0 Å². The lowest BCUT2D eigenvalue weighted by atomic mass is 9.95. The third kappa shape index (κ3) is 4.45. The molecule has 0 aliphatic heterocycles. The number of rotatable bonds is 5. The van der Waals surface area contributed by atoms with Gasteiger partial charge in [0.05, 0.1) is 0 Å². The standard InChI is InChI=1S/C13H19N3O2/c1-13(2,16-12(17)18)8-7-9-3-5-10(6-4-9)11(14)15/h3-6,16H,7-8H2,1-2H3,(H3,14,15)(H,17,18). The number of hydrogen-bond acceptors (Lipinski definition) is 2. The summed E-state index contributed by atoms with van der Waals surface area (Å²) in [7, 11) is 0. The van der Waals surface area contributed by atoms with Crippen LogP contribution in [-0.2, 0) is 6.42 Å². The maximum atomic E-state index is 10.6. The van der Waals surface area contributed by atoms with E-state index in [2.05, 4.69) is 5.32 Å². The Morgan fingerprint density at radius 1 is 1.39 bits per heavy atom. The van der Waals surface area contributed by atoms with Crippen LogP contribution in [0.4, 0.5) is 4.79 Å². The van der Waals surface area contributed by atoms with E-state index in [0.29, 0.717) is 12.0 Å². The quantitative estimate of drug-likeness (QED) is 0.474. The summed E-state index contributed by atoms with van der Waals surface area (Å²) in [5.41, 5.74) is 6.71. The Kier molecular flexibility index (Phi) is 4.31. The Hall–Kier alpha value is -2.04. The van der Waals surface area contributed by atoms with Gasteiger partial charge in [-0.3, -0.25) is 5.41 Å². The van der Waals surface area contributed by atoms with Crippen LogP contribution in [-0.4, -0.2) is 22.6 Å². The second-order valence-electron chi connectivity index (χ2n) is 4.92. The zero-order chi connectivity index (χ0) is 13.8. The monoisotopic (exact) mass is 249 g/mol. The zero-order valence-electron chi connectivity index (χ0n) is 10.7. The minimum absolute atomic E-state index is 0.0504. The molecule has 1 aromatic carbocycles. The molecule has 0 radical (unpaired) electrons. The van der Waals surface area contributed by atoms with E-state index in [1.807, 2.05) is 26.0 Å². The number of amidine groups is 1. The molecule has 0 bridgehead atoms. The summed E-state index contributed by atoms with van der Waals surface area (Å²) in [5, 5.41) is 18.5. The van der Waals surface area contributed by atoms with Crippen molar-refractivity contribution in [3.05, 3.63) is 35.4 Å². The van der Waals surface area contributed by atoms with E-state index < -0.39 is 11.6 Å². The predicted molar refractivity (Wildman–Crippen MR) is 71.0 cm³/mol. The number of benzene rings is 1. The second-order valence-corrected chi connectivity index (χ2v) is 4.92. The smallest absolute Gasteiger partial charge is 0.405 e. The van der Waals surface area contributed by atoms with Crippen molar-refractivity contribution < 1.29 is 9.90 Å². The second kappa shape index (κ2) is 5.53. The lowest BCUT2D eigenvalue weighted by molar-refractivity contribution is 0.180. The third-order valence-electron chi connectivity index (χ3n) is 2.75. The molecule has 0 saturated carbocycles. The van der Waals surface area contributed by atoms with Gasteiger partial charge in [-0.1, -0.05) is 24.3 Å². The van der Waals surface area contributed by atoms with E-state index in [1.165, 1.54) is 0 Å². The van der Waals surface area contributed by atoms with Crippen LogP contribution in [0.15, 0.2) is 24.3 Å². The number of aryl methyl sites for hydroxylation is 1. The number of nitrogens with two attached hydrogens (primary N) is 1. The normalized spacial score (nSPS) is 11.0. The fraction of sp³-hybridized carbons (Fsp3) is 0.385. The molecule has 5 N–H and O–H groups in total. The van der Waals surface area contributed by atoms with E-state index in [4.69, 9.17) is 16.2 Å². The van der Waals surface area contributed by atoms with Gasteiger partial charge < -0.3 is 16.2 Å². The minimum atomic E-state index is -1.01. The van der Waals surface area contributed by atoms with Crippen LogP contribution < -0.4 is 11.1 Å². The van der Waals surface area contributed by atoms with Crippen molar-refractivity contribution in [2.75, 3.05) is 0 Å². The van der Waals surface area contributed by atoms with E-state index in [0.717, 1.165) is 12.0 Å². The van der Waals surface area contributed by atoms with Crippen LogP contribution in [0.5, 0.6) is 0 Å². The van der Waals surface area contributed by atoms with E-state index in [-0.39, 0.29) is 5.84 Å². The van der Waals surface area contributed by atoms with Crippen LogP contribution in [0, 0.1) is 5.41 Å². The van der Waals surface area contributed by atoms with Gasteiger partial charge in [0.25, 0.3) is 0 Å². The van der Waals surface area contributed by atoms with E-state index >= 15 is 0 Å². The molecular formula is C13H19N3O2. The maximum absolute atomic E-state index is 10.6. The highest BCUT2D eigenvalue weighted by molar-refractivity contribution is 5.94. The summed E-state index contributed by atoms with van der Waals surface area (Å²) < 4.78 is 0. The van der Waals surface area contributed by atoms with Gasteiger partial charge in [-0.05, 0) is 32.3 Å². The van der Waals surface area contributed by atoms with Crippen LogP contribution in [0.3, 0.4) is 0 Å². The van der Waals surface area contributed by atoms with Crippen LogP contribution >= 0.6 is 0 Å². The summed E-state index contributed by atoms with van der Waals surface area (Å²) >= 11 is 0. The first-order valence-electron chi connectivity index (χ1n) is 5.74. The SMILES string of the molecule is CC(C)(CCc1ccc(C(=N)N)cc1)NC(=O)O. The fourth-order valence-corrected chi connectivity index (χ4v) is 1.66. The molecule has 18 heavy (non-hydrogen) atoms. The van der Waals surface area contributed by atoms with Gasteiger partial charge in [-0.25, -0.2) is 4.79 Å². The summed E-state index contributed by atoms with van der Waals surface area (Å²) in [6.45, 7) is 3.70. The molecule has 5 heteroatoms. The fourth-order valence-electron chi connectivity index (χ4n) is 1.66. The first-order valence-corrected chi connectivity index (χ1v) is 5.74. The third-order valence-corrected chi connectivity index (χ3v) is 2.75. The zero-order valence-corrected chi connectivity index (χ0v) is 10.7. The number of hydrogen-bond donors (Lipinski definition) is 4. The molecule has 0 heterocycles. The molecule has 0 atom stereocenters. The van der Waals surface area contributed by atoms with Gasteiger partial charge in [0, 0.05) is 11.1 Å². The molecule has 0 unspecified atom stereocenters. The average Bonchev–Trinajstić information content (AvgIpc) is 2.25. The number of nitrogens with one attached hydrogen (secondary N) is 2. The lowest BCUT2D eigenvalue weighted by Gasteiger charge is -2.24. The molecule has 98 valence electrons. The summed E-state index contributed by atoms with van der Waals surface area (Å²) in [6, 6.07) is 7.42. The Morgan fingerprint density at radius 3 is 2.39 bits per heavy atom. The van der Waals surface area contributed by atoms with Crippen molar-refractivity contribution in [1.29, 1.82) is 5.41 Å².